The van der Waals surface area contributed by atoms with Crippen LogP contribution in [-0.4, -0.2) is 23.1 Å². The molecule has 0 aliphatic carbocycles. The number of hydrogen-bond donors (Lipinski definition) is 0. The van der Waals surface area contributed by atoms with Crippen molar-refractivity contribution in [3.05, 3.63) is 283 Å². The van der Waals surface area contributed by atoms with Crippen molar-refractivity contribution in [1.82, 2.24) is 0 Å². The highest BCUT2D eigenvalue weighted by Crippen LogP contribution is 2.45. The summed E-state index contributed by atoms with van der Waals surface area (Å²) in [5, 5.41) is 0. The maximum atomic E-state index is 11.9. The van der Waals surface area contributed by atoms with Crippen molar-refractivity contribution >= 4 is 23.1 Å². The van der Waals surface area contributed by atoms with Crippen LogP contribution >= 0.6 is 0 Å². The molecule has 8 aromatic carbocycles. The lowest BCUT2D eigenvalue weighted by Crippen LogP contribution is -2.31. The fourth-order valence-electron chi connectivity index (χ4n) is 7.94. The first-order valence-electron chi connectivity index (χ1n) is 22.4. The maximum Gasteiger partial charge on any atom is 0.159 e. The van der Waals surface area contributed by atoms with Gasteiger partial charge in [0.15, 0.2) is 23.1 Å². The molecule has 0 bridgehead atoms. The van der Waals surface area contributed by atoms with E-state index in [1.807, 2.05) is 97.1 Å². The van der Waals surface area contributed by atoms with Crippen LogP contribution in [0.2, 0.25) is 0 Å². The number of carbonyl (C=O) groups is 4. The van der Waals surface area contributed by atoms with Gasteiger partial charge in [-0.2, -0.15) is 0 Å². The fraction of sp³-hybridized carbons (Fsp3) is 0.0769. The summed E-state index contributed by atoms with van der Waals surface area (Å²) < 4.78 is 0. The van der Waals surface area contributed by atoms with E-state index in [1.165, 1.54) is 0 Å². The van der Waals surface area contributed by atoms with E-state index < -0.39 is 5.41 Å². The van der Waals surface area contributed by atoms with Crippen molar-refractivity contribution in [3.63, 3.8) is 0 Å². The van der Waals surface area contributed by atoms with Crippen LogP contribution in [0.5, 0.6) is 0 Å². The molecule has 4 heteroatoms. The molecule has 0 radical (unpaired) electrons. The van der Waals surface area contributed by atoms with Crippen molar-refractivity contribution in [2.75, 3.05) is 0 Å². The lowest BCUT2D eigenvalue weighted by molar-refractivity contribution is 0.100. The van der Waals surface area contributed by atoms with Crippen LogP contribution in [0.15, 0.2) is 194 Å². The summed E-state index contributed by atoms with van der Waals surface area (Å²) in [7, 11) is 0. The van der Waals surface area contributed by atoms with E-state index in [1.54, 1.807) is 76.2 Å². The molecule has 0 heterocycles. The van der Waals surface area contributed by atoms with Gasteiger partial charge in [0.2, 0.25) is 0 Å². The quantitative estimate of drug-likeness (QED) is 0.0866. The number of benzene rings is 8. The van der Waals surface area contributed by atoms with Crippen LogP contribution in [0.25, 0.3) is 0 Å². The number of carbonyl (C=O) groups excluding carboxylic acids is 4. The Labute approximate surface area is 404 Å². The molecule has 0 aliphatic heterocycles. The standard InChI is InChI=1S/C65H44O4/c1-45(66)57-29-13-49(14-30-57)5-9-53-21-37-61(38-22-53)65(62-39-23-54(24-40-62)10-6-50-15-31-58(32-16-50)46(2)67,63-41-25-55(26-42-63)11-7-51-17-33-59(34-18-51)47(3)68)64-43-27-56(28-44-64)12-8-52-19-35-60(36-20-52)48(4)69/h13-44H,1-4H3. The fourth-order valence-corrected chi connectivity index (χ4v) is 7.94. The van der Waals surface area contributed by atoms with Gasteiger partial charge in [-0.15, -0.1) is 0 Å². The molecule has 0 aliphatic rings. The van der Waals surface area contributed by atoms with Gasteiger partial charge in [-0.1, -0.05) is 144 Å². The minimum atomic E-state index is -0.855. The first-order chi connectivity index (χ1) is 33.4. The Balaban J connectivity index is 1.24. The van der Waals surface area contributed by atoms with Crippen LogP contribution in [-0.2, 0) is 5.41 Å². The number of Topliss-reactive ketones (excluding diaryl/α,β-unsaturated/α-hetero) is 4. The molecule has 0 saturated carbocycles. The predicted octanol–water partition coefficient (Wildman–Crippen LogP) is 12.5. The summed E-state index contributed by atoms with van der Waals surface area (Å²) in [6.07, 6.45) is 0. The van der Waals surface area contributed by atoms with Gasteiger partial charge in [-0.05, 0) is 147 Å². The molecule has 69 heavy (non-hydrogen) atoms. The van der Waals surface area contributed by atoms with Crippen LogP contribution in [0.1, 0.15) is 136 Å². The molecule has 0 N–H and O–H groups in total. The van der Waals surface area contributed by atoms with Crippen molar-refractivity contribution in [2.24, 2.45) is 0 Å². The molecule has 0 fully saturated rings. The zero-order chi connectivity index (χ0) is 48.3. The van der Waals surface area contributed by atoms with Crippen LogP contribution < -0.4 is 0 Å². The van der Waals surface area contributed by atoms with E-state index in [0.29, 0.717) is 22.3 Å². The van der Waals surface area contributed by atoms with Crippen LogP contribution in [0.4, 0.5) is 0 Å². The third-order valence-corrected chi connectivity index (χ3v) is 11.8. The highest BCUT2D eigenvalue weighted by molar-refractivity contribution is 5.95. The van der Waals surface area contributed by atoms with Gasteiger partial charge in [-0.3, -0.25) is 19.2 Å². The first-order valence-corrected chi connectivity index (χ1v) is 22.4. The summed E-state index contributed by atoms with van der Waals surface area (Å²) in [4.78, 5) is 47.4. The van der Waals surface area contributed by atoms with E-state index in [0.717, 1.165) is 66.8 Å². The van der Waals surface area contributed by atoms with Crippen molar-refractivity contribution in [2.45, 2.75) is 33.1 Å². The molecule has 328 valence electrons. The maximum absolute atomic E-state index is 11.9. The monoisotopic (exact) mass is 888 g/mol. The second-order valence-electron chi connectivity index (χ2n) is 16.6. The van der Waals surface area contributed by atoms with Crippen molar-refractivity contribution in [3.8, 4) is 47.4 Å². The SMILES string of the molecule is CC(=O)c1ccc(C#Cc2ccc(C(c3ccc(C#Cc4ccc(C(C)=O)cc4)cc3)(c3ccc(C#Cc4ccc(C(C)=O)cc4)cc3)c3ccc(C#Cc4ccc(C(C)=O)cc4)cc3)cc2)cc1. The number of rotatable bonds is 8. The molecular weight excluding hydrogens is 845 g/mol. The summed E-state index contributed by atoms with van der Waals surface area (Å²) >= 11 is 0. The molecule has 0 unspecified atom stereocenters. The third-order valence-electron chi connectivity index (χ3n) is 11.8. The molecule has 0 saturated heterocycles. The molecule has 0 amide bonds. The van der Waals surface area contributed by atoms with Gasteiger partial charge >= 0.3 is 0 Å². The largest absolute Gasteiger partial charge is 0.295 e. The van der Waals surface area contributed by atoms with Crippen molar-refractivity contribution < 1.29 is 19.2 Å². The van der Waals surface area contributed by atoms with Gasteiger partial charge in [0.1, 0.15) is 0 Å². The van der Waals surface area contributed by atoms with Crippen LogP contribution in [0.3, 0.4) is 0 Å². The normalized spacial score (nSPS) is 10.4. The van der Waals surface area contributed by atoms with Gasteiger partial charge < -0.3 is 0 Å². The van der Waals surface area contributed by atoms with E-state index in [9.17, 15) is 19.2 Å². The minimum absolute atomic E-state index is 0.00759. The van der Waals surface area contributed by atoms with Gasteiger partial charge in [-0.25, -0.2) is 0 Å². The second-order valence-corrected chi connectivity index (χ2v) is 16.6. The topological polar surface area (TPSA) is 68.3 Å². The summed E-state index contributed by atoms with van der Waals surface area (Å²) in [6.45, 7) is 6.20. The smallest absolute Gasteiger partial charge is 0.159 e. The zero-order valence-electron chi connectivity index (χ0n) is 38.6. The highest BCUT2D eigenvalue weighted by atomic mass is 16.1. The van der Waals surface area contributed by atoms with E-state index in [4.69, 9.17) is 0 Å². The zero-order valence-corrected chi connectivity index (χ0v) is 38.6. The van der Waals surface area contributed by atoms with Gasteiger partial charge in [0.25, 0.3) is 0 Å². The Hall–Kier alpha value is -9.32. The third kappa shape index (κ3) is 11.0. The average Bonchev–Trinajstić information content (AvgIpc) is 3.38. The van der Waals surface area contributed by atoms with Crippen LogP contribution in [0, 0.1) is 47.4 Å². The Morgan fingerprint density at radius 1 is 0.232 bits per heavy atom. The molecule has 8 rings (SSSR count). The molecule has 0 atom stereocenters. The Morgan fingerprint density at radius 3 is 0.493 bits per heavy atom. The number of ketones is 4. The molecular formula is C65H44O4. The van der Waals surface area contributed by atoms with Gasteiger partial charge in [0, 0.05) is 66.8 Å². The van der Waals surface area contributed by atoms with Crippen molar-refractivity contribution in [1.29, 1.82) is 0 Å². The molecule has 8 aromatic rings. The minimum Gasteiger partial charge on any atom is -0.295 e. The molecule has 4 nitrogen and oxygen atoms in total. The lowest BCUT2D eigenvalue weighted by atomic mass is 9.65. The average molecular weight is 889 g/mol. The van der Waals surface area contributed by atoms with E-state index in [2.05, 4.69) is 95.9 Å². The highest BCUT2D eigenvalue weighted by Gasteiger charge is 2.38. The summed E-state index contributed by atoms with van der Waals surface area (Å²) in [5.74, 6) is 26.3. The second kappa shape index (κ2) is 20.9. The molecule has 0 aromatic heterocycles. The summed E-state index contributed by atoms with van der Waals surface area (Å²) in [6, 6.07) is 62.5. The first kappa shape index (κ1) is 46.2. The van der Waals surface area contributed by atoms with Gasteiger partial charge in [0.05, 0.1) is 5.41 Å². The lowest BCUT2D eigenvalue weighted by Gasteiger charge is -2.37. The summed E-state index contributed by atoms with van der Waals surface area (Å²) in [5.41, 5.74) is 12.2. The number of hydrogen-bond acceptors (Lipinski definition) is 4. The predicted molar refractivity (Wildman–Crippen MR) is 274 cm³/mol. The van der Waals surface area contributed by atoms with E-state index in [-0.39, 0.29) is 23.1 Å². The Bertz CT molecular complexity index is 2990. The molecule has 0 spiro atoms. The Kier molecular flexibility index (Phi) is 14.0. The Morgan fingerprint density at radius 2 is 0.362 bits per heavy atom. The van der Waals surface area contributed by atoms with E-state index >= 15 is 0 Å².